The zero-order chi connectivity index (χ0) is 25.7. The van der Waals surface area contributed by atoms with E-state index in [4.69, 9.17) is 4.74 Å². The van der Waals surface area contributed by atoms with E-state index in [1.54, 1.807) is 25.3 Å². The molecular formula is C23H31N7O4S2. The first-order valence-electron chi connectivity index (χ1n) is 11.9. The monoisotopic (exact) mass is 533 g/mol. The Morgan fingerprint density at radius 3 is 2.67 bits per heavy atom. The van der Waals surface area contributed by atoms with Gasteiger partial charge in [-0.3, -0.25) is 0 Å². The van der Waals surface area contributed by atoms with Crippen LogP contribution in [-0.4, -0.2) is 53.6 Å². The Morgan fingerprint density at radius 1 is 1.22 bits per heavy atom. The number of thiazole rings is 1. The highest BCUT2D eigenvalue weighted by Crippen LogP contribution is 2.40. The third-order valence-corrected chi connectivity index (χ3v) is 8.60. The summed E-state index contributed by atoms with van der Waals surface area (Å²) >= 11 is 1.51. The number of rotatable bonds is 9. The fourth-order valence-electron chi connectivity index (χ4n) is 4.20. The minimum Gasteiger partial charge on any atom is -0.447 e. The van der Waals surface area contributed by atoms with Crippen LogP contribution in [0, 0.1) is 0 Å². The fraction of sp³-hybridized carbons (Fsp3) is 0.478. The molecule has 0 atom stereocenters. The molecule has 1 saturated carbocycles. The summed E-state index contributed by atoms with van der Waals surface area (Å²) in [5.41, 5.74) is 1.17. The summed E-state index contributed by atoms with van der Waals surface area (Å²) in [6.45, 7) is 5.67. The fourth-order valence-corrected chi connectivity index (χ4v) is 6.68. The number of benzene rings is 1. The Morgan fingerprint density at radius 2 is 2.00 bits per heavy atom. The Hall–Kier alpha value is -3.03. The van der Waals surface area contributed by atoms with Crippen LogP contribution in [0.25, 0.3) is 10.4 Å². The summed E-state index contributed by atoms with van der Waals surface area (Å²) in [7, 11) is -3.74. The van der Waals surface area contributed by atoms with Crippen molar-refractivity contribution in [2.24, 2.45) is 0 Å². The lowest BCUT2D eigenvalue weighted by molar-refractivity contribution is 0.109. The lowest BCUT2D eigenvalue weighted by Gasteiger charge is -2.28. The number of carbonyl (C=O) groups excluding carboxylic acids is 1. The van der Waals surface area contributed by atoms with Crippen LogP contribution in [0.3, 0.4) is 0 Å². The second-order valence-corrected chi connectivity index (χ2v) is 11.7. The van der Waals surface area contributed by atoms with Gasteiger partial charge in [0.25, 0.3) is 0 Å². The van der Waals surface area contributed by atoms with Gasteiger partial charge in [-0.05, 0) is 51.7 Å². The Kier molecular flexibility index (Phi) is 8.21. The van der Waals surface area contributed by atoms with E-state index in [1.807, 2.05) is 19.9 Å². The highest BCUT2D eigenvalue weighted by molar-refractivity contribution is 7.89. The average molecular weight is 534 g/mol. The van der Waals surface area contributed by atoms with Crippen molar-refractivity contribution in [2.45, 2.75) is 69.4 Å². The van der Waals surface area contributed by atoms with Crippen molar-refractivity contribution in [3.63, 3.8) is 0 Å². The van der Waals surface area contributed by atoms with Gasteiger partial charge in [-0.25, -0.2) is 22.9 Å². The van der Waals surface area contributed by atoms with Crippen molar-refractivity contribution in [1.82, 2.24) is 30.4 Å². The van der Waals surface area contributed by atoms with Crippen LogP contribution >= 0.6 is 11.3 Å². The molecule has 0 bridgehead atoms. The maximum Gasteiger partial charge on any atom is 0.407 e. The molecule has 0 unspecified atom stereocenters. The summed E-state index contributed by atoms with van der Waals surface area (Å²) in [6.07, 6.45) is 6.20. The first-order valence-corrected chi connectivity index (χ1v) is 14.2. The molecule has 11 nitrogen and oxygen atoms in total. The normalized spacial score (nSPS) is 18.2. The average Bonchev–Trinajstić information content (AvgIpc) is 3.51. The van der Waals surface area contributed by atoms with Gasteiger partial charge in [0.1, 0.15) is 0 Å². The molecule has 0 spiro atoms. The van der Waals surface area contributed by atoms with Gasteiger partial charge in [-0.1, -0.05) is 13.0 Å². The number of alkyl carbamates (subject to hydrolysis) is 1. The number of anilines is 2. The molecule has 3 aromatic rings. The zero-order valence-corrected chi connectivity index (χ0v) is 22.1. The maximum absolute atomic E-state index is 13.0. The molecule has 1 aliphatic carbocycles. The van der Waals surface area contributed by atoms with Crippen molar-refractivity contribution in [3.8, 4) is 10.4 Å². The van der Waals surface area contributed by atoms with E-state index in [0.717, 1.165) is 35.6 Å². The van der Waals surface area contributed by atoms with E-state index < -0.39 is 10.0 Å². The van der Waals surface area contributed by atoms with Crippen LogP contribution in [0.1, 0.15) is 57.4 Å². The van der Waals surface area contributed by atoms with Crippen molar-refractivity contribution >= 4 is 39.0 Å². The van der Waals surface area contributed by atoms with E-state index in [0.29, 0.717) is 17.1 Å². The molecule has 1 fully saturated rings. The largest absolute Gasteiger partial charge is 0.447 e. The summed E-state index contributed by atoms with van der Waals surface area (Å²) in [6, 6.07) is 5.27. The van der Waals surface area contributed by atoms with Gasteiger partial charge in [0.15, 0.2) is 5.82 Å². The van der Waals surface area contributed by atoms with Crippen LogP contribution in [0.4, 0.5) is 16.3 Å². The topological polar surface area (TPSA) is 151 Å². The van der Waals surface area contributed by atoms with Crippen LogP contribution in [-0.2, 0) is 14.8 Å². The number of aromatic nitrogens is 4. The molecule has 1 aliphatic rings. The second kappa shape index (κ2) is 11.4. The SMILES string of the molecule is CCNS(=O)(=O)c1cc(Nc2cn[nH]n2)ccc1-c1cnc([C@H]2CC[C@H](NC(=O)OC(C)C)CC2)s1. The standard InChI is InChI=1S/C23H31N7O4S2/c1-4-26-36(32,33)20-11-17(27-21-13-25-30-29-21)9-10-18(20)19-12-24-22(35-19)15-5-7-16(8-6-15)28-23(31)34-14(2)3/h9-16,26H,4-8H2,1-3H3,(H,28,31)(H2,25,27,29,30)/t15-,16-. The number of aromatic amines is 1. The minimum atomic E-state index is -3.74. The van der Waals surface area contributed by atoms with Gasteiger partial charge >= 0.3 is 6.09 Å². The van der Waals surface area contributed by atoms with Crippen molar-refractivity contribution < 1.29 is 17.9 Å². The number of hydrogen-bond acceptors (Lipinski definition) is 9. The summed E-state index contributed by atoms with van der Waals surface area (Å²) < 4.78 is 33.9. The third-order valence-electron chi connectivity index (χ3n) is 5.82. The Balaban J connectivity index is 1.51. The molecule has 194 valence electrons. The van der Waals surface area contributed by atoms with E-state index in [9.17, 15) is 13.2 Å². The quantitative estimate of drug-likeness (QED) is 0.320. The molecule has 13 heteroatoms. The van der Waals surface area contributed by atoms with Crippen molar-refractivity contribution in [2.75, 3.05) is 11.9 Å². The van der Waals surface area contributed by atoms with E-state index in [1.165, 1.54) is 17.5 Å². The number of nitrogens with zero attached hydrogens (tertiary/aromatic N) is 3. The Labute approximate surface area is 214 Å². The van der Waals surface area contributed by atoms with Gasteiger partial charge in [0, 0.05) is 36.0 Å². The van der Waals surface area contributed by atoms with Gasteiger partial charge in [0.2, 0.25) is 10.0 Å². The molecule has 2 aromatic heterocycles. The smallest absolute Gasteiger partial charge is 0.407 e. The molecule has 2 heterocycles. The molecule has 4 rings (SSSR count). The van der Waals surface area contributed by atoms with Crippen LogP contribution in [0.2, 0.25) is 0 Å². The van der Waals surface area contributed by atoms with Crippen LogP contribution in [0.5, 0.6) is 0 Å². The number of hydrogen-bond donors (Lipinski definition) is 4. The second-order valence-electron chi connectivity index (χ2n) is 8.90. The van der Waals surface area contributed by atoms with E-state index >= 15 is 0 Å². The van der Waals surface area contributed by atoms with Crippen molar-refractivity contribution in [3.05, 3.63) is 35.6 Å². The first kappa shape index (κ1) is 26.0. The maximum atomic E-state index is 13.0. The summed E-state index contributed by atoms with van der Waals surface area (Å²) in [5.74, 6) is 0.752. The third kappa shape index (κ3) is 6.39. The van der Waals surface area contributed by atoms with Gasteiger partial charge in [-0.15, -0.1) is 16.4 Å². The van der Waals surface area contributed by atoms with E-state index in [-0.39, 0.29) is 35.6 Å². The molecule has 4 N–H and O–H groups in total. The molecule has 1 aromatic carbocycles. The summed E-state index contributed by atoms with van der Waals surface area (Å²) in [5, 5.41) is 17.2. The molecular weight excluding hydrogens is 502 g/mol. The molecule has 0 radical (unpaired) electrons. The predicted octanol–water partition coefficient (Wildman–Crippen LogP) is 4.13. The number of amides is 1. The van der Waals surface area contributed by atoms with Gasteiger partial charge < -0.3 is 15.4 Å². The van der Waals surface area contributed by atoms with Crippen LogP contribution < -0.4 is 15.4 Å². The number of sulfonamides is 1. The highest BCUT2D eigenvalue weighted by Gasteiger charge is 2.27. The Bertz CT molecular complexity index is 1270. The number of carbonyl (C=O) groups is 1. The predicted molar refractivity (Wildman–Crippen MR) is 138 cm³/mol. The lowest BCUT2D eigenvalue weighted by atomic mass is 9.86. The van der Waals surface area contributed by atoms with Gasteiger partial charge in [-0.2, -0.15) is 10.3 Å². The number of ether oxygens (including phenoxy) is 1. The molecule has 1 amide bonds. The zero-order valence-electron chi connectivity index (χ0n) is 20.4. The van der Waals surface area contributed by atoms with Gasteiger partial charge in [0.05, 0.1) is 27.1 Å². The summed E-state index contributed by atoms with van der Waals surface area (Å²) in [4.78, 5) is 17.5. The lowest BCUT2D eigenvalue weighted by Crippen LogP contribution is -2.38. The molecule has 0 aliphatic heterocycles. The highest BCUT2D eigenvalue weighted by atomic mass is 32.2. The molecule has 36 heavy (non-hydrogen) atoms. The van der Waals surface area contributed by atoms with E-state index in [2.05, 4.69) is 35.8 Å². The molecule has 0 saturated heterocycles. The number of nitrogens with one attached hydrogen (secondary N) is 4. The first-order chi connectivity index (χ1) is 17.2. The number of H-pyrrole nitrogens is 1. The van der Waals surface area contributed by atoms with Crippen LogP contribution in [0.15, 0.2) is 35.5 Å². The minimum absolute atomic E-state index is 0.0913. The van der Waals surface area contributed by atoms with Crippen molar-refractivity contribution in [1.29, 1.82) is 0 Å².